The van der Waals surface area contributed by atoms with Gasteiger partial charge in [0, 0.05) is 32.3 Å². The van der Waals surface area contributed by atoms with Crippen molar-refractivity contribution in [1.29, 1.82) is 0 Å². The Morgan fingerprint density at radius 2 is 2.19 bits per heavy atom. The molecule has 0 saturated carbocycles. The lowest BCUT2D eigenvalue weighted by atomic mass is 9.77. The number of hydrogen-bond acceptors (Lipinski definition) is 4. The minimum atomic E-state index is -0.262. The van der Waals surface area contributed by atoms with Gasteiger partial charge in [-0.2, -0.15) is 0 Å². The number of rotatable bonds is 5. The Kier molecular flexibility index (Phi) is 5.61. The summed E-state index contributed by atoms with van der Waals surface area (Å²) in [5.74, 6) is 0.161. The molecule has 0 bridgehead atoms. The highest BCUT2D eigenvalue weighted by Crippen LogP contribution is 2.43. The molecular weight excluding hydrogens is 330 g/mol. The highest BCUT2D eigenvalue weighted by Gasteiger charge is 2.53. The number of nitrogens with zero attached hydrogens (tertiary/aromatic N) is 3. The molecule has 2 atom stereocenters. The SMILES string of the molecule is CC[C@H]1N(C(=O)c2cccc(C)n2)CCC[C@@]12CCC(=O)N2CCOC. The fourth-order valence-corrected chi connectivity index (χ4v) is 4.80. The highest BCUT2D eigenvalue weighted by molar-refractivity contribution is 5.93. The van der Waals surface area contributed by atoms with Crippen LogP contribution in [0.2, 0.25) is 0 Å². The molecule has 2 amide bonds. The van der Waals surface area contributed by atoms with Crippen LogP contribution in [0.5, 0.6) is 0 Å². The van der Waals surface area contributed by atoms with E-state index in [1.165, 1.54) is 0 Å². The van der Waals surface area contributed by atoms with Crippen LogP contribution >= 0.6 is 0 Å². The van der Waals surface area contributed by atoms with E-state index in [4.69, 9.17) is 4.74 Å². The van der Waals surface area contributed by atoms with Crippen LogP contribution in [0.1, 0.15) is 55.2 Å². The standard InChI is InChI=1S/C20H29N3O3/c1-4-17-20(11-9-18(24)23(20)13-14-26-3)10-6-12-22(17)19(25)16-8-5-7-15(2)21-16/h5,7-8,17H,4,6,9-14H2,1-3H3/t17-,20-/m1/s1. The van der Waals surface area contributed by atoms with Crippen LogP contribution in [-0.4, -0.2) is 65.0 Å². The van der Waals surface area contributed by atoms with E-state index in [0.29, 0.717) is 25.3 Å². The van der Waals surface area contributed by atoms with Crippen molar-refractivity contribution in [2.24, 2.45) is 0 Å². The molecule has 3 heterocycles. The first-order valence-electron chi connectivity index (χ1n) is 9.57. The Balaban J connectivity index is 1.91. The van der Waals surface area contributed by atoms with Gasteiger partial charge in [-0.25, -0.2) is 4.98 Å². The fraction of sp³-hybridized carbons (Fsp3) is 0.650. The summed E-state index contributed by atoms with van der Waals surface area (Å²) in [6.45, 7) is 5.85. The van der Waals surface area contributed by atoms with E-state index in [1.807, 2.05) is 28.9 Å². The maximum atomic E-state index is 13.2. The molecule has 6 heteroatoms. The third-order valence-corrected chi connectivity index (χ3v) is 5.89. The molecule has 0 aliphatic carbocycles. The second-order valence-electron chi connectivity index (χ2n) is 7.33. The quantitative estimate of drug-likeness (QED) is 0.810. The first-order valence-corrected chi connectivity index (χ1v) is 9.57. The van der Waals surface area contributed by atoms with Gasteiger partial charge in [-0.15, -0.1) is 0 Å². The van der Waals surface area contributed by atoms with Crippen LogP contribution in [0.15, 0.2) is 18.2 Å². The van der Waals surface area contributed by atoms with Crippen molar-refractivity contribution in [3.8, 4) is 0 Å². The average molecular weight is 359 g/mol. The van der Waals surface area contributed by atoms with Crippen molar-refractivity contribution < 1.29 is 14.3 Å². The first kappa shape index (κ1) is 18.8. The van der Waals surface area contributed by atoms with Crippen molar-refractivity contribution in [2.45, 2.75) is 57.5 Å². The largest absolute Gasteiger partial charge is 0.383 e. The van der Waals surface area contributed by atoms with Gasteiger partial charge in [0.15, 0.2) is 0 Å². The monoisotopic (exact) mass is 359 g/mol. The number of methoxy groups -OCH3 is 1. The van der Waals surface area contributed by atoms with Gasteiger partial charge in [-0.05, 0) is 44.7 Å². The Labute approximate surface area is 155 Å². The van der Waals surface area contributed by atoms with Gasteiger partial charge in [0.05, 0.1) is 18.2 Å². The predicted molar refractivity (Wildman–Crippen MR) is 98.9 cm³/mol. The molecule has 1 aromatic heterocycles. The number of piperidine rings is 1. The van der Waals surface area contributed by atoms with Crippen LogP contribution in [0.4, 0.5) is 0 Å². The summed E-state index contributed by atoms with van der Waals surface area (Å²) in [6.07, 6.45) is 4.06. The summed E-state index contributed by atoms with van der Waals surface area (Å²) < 4.78 is 5.23. The van der Waals surface area contributed by atoms with E-state index in [9.17, 15) is 9.59 Å². The van der Waals surface area contributed by atoms with E-state index < -0.39 is 0 Å². The Bertz CT molecular complexity index is 678. The minimum Gasteiger partial charge on any atom is -0.383 e. The summed E-state index contributed by atoms with van der Waals surface area (Å²) in [7, 11) is 1.66. The third-order valence-electron chi connectivity index (χ3n) is 5.89. The molecule has 142 valence electrons. The summed E-state index contributed by atoms with van der Waals surface area (Å²) in [6, 6.07) is 5.58. The predicted octanol–water partition coefficient (Wildman–Crippen LogP) is 2.41. The maximum Gasteiger partial charge on any atom is 0.272 e. The fourth-order valence-electron chi connectivity index (χ4n) is 4.80. The van der Waals surface area contributed by atoms with Gasteiger partial charge in [-0.1, -0.05) is 13.0 Å². The van der Waals surface area contributed by atoms with Crippen LogP contribution in [0.25, 0.3) is 0 Å². The van der Waals surface area contributed by atoms with Gasteiger partial charge in [0.1, 0.15) is 5.69 Å². The number of ether oxygens (including phenoxy) is 1. The molecule has 1 aromatic rings. The number of amides is 2. The zero-order valence-corrected chi connectivity index (χ0v) is 16.0. The number of aryl methyl sites for hydroxylation is 1. The smallest absolute Gasteiger partial charge is 0.272 e. The Hall–Kier alpha value is -1.95. The topological polar surface area (TPSA) is 62.7 Å². The average Bonchev–Trinajstić information content (AvgIpc) is 2.95. The molecule has 6 nitrogen and oxygen atoms in total. The minimum absolute atomic E-state index is 0.0225. The number of carbonyl (C=O) groups excluding carboxylic acids is 2. The lowest BCUT2D eigenvalue weighted by Crippen LogP contribution is -2.64. The van der Waals surface area contributed by atoms with Crippen molar-refractivity contribution >= 4 is 11.8 Å². The Morgan fingerprint density at radius 1 is 1.38 bits per heavy atom. The van der Waals surface area contributed by atoms with Crippen LogP contribution in [-0.2, 0) is 9.53 Å². The summed E-state index contributed by atoms with van der Waals surface area (Å²) in [5, 5.41) is 0. The van der Waals surface area contributed by atoms with Crippen LogP contribution in [0.3, 0.4) is 0 Å². The summed E-state index contributed by atoms with van der Waals surface area (Å²) in [5.41, 5.74) is 1.07. The molecule has 3 rings (SSSR count). The normalized spacial score (nSPS) is 26.0. The number of hydrogen-bond donors (Lipinski definition) is 0. The van der Waals surface area contributed by atoms with Gasteiger partial charge < -0.3 is 14.5 Å². The number of pyridine rings is 1. The highest BCUT2D eigenvalue weighted by atomic mass is 16.5. The Morgan fingerprint density at radius 3 is 2.88 bits per heavy atom. The molecular formula is C20H29N3O3. The molecule has 26 heavy (non-hydrogen) atoms. The van der Waals surface area contributed by atoms with Crippen LogP contribution in [0, 0.1) is 6.92 Å². The second-order valence-corrected chi connectivity index (χ2v) is 7.33. The van der Waals surface area contributed by atoms with E-state index in [-0.39, 0.29) is 23.4 Å². The number of aromatic nitrogens is 1. The lowest BCUT2D eigenvalue weighted by Gasteiger charge is -2.52. The van der Waals surface area contributed by atoms with Crippen molar-refractivity contribution in [1.82, 2.24) is 14.8 Å². The molecule has 0 unspecified atom stereocenters. The molecule has 0 radical (unpaired) electrons. The van der Waals surface area contributed by atoms with Crippen molar-refractivity contribution in [2.75, 3.05) is 26.8 Å². The molecule has 2 aliphatic heterocycles. The van der Waals surface area contributed by atoms with Gasteiger partial charge in [-0.3, -0.25) is 9.59 Å². The third kappa shape index (κ3) is 3.22. The molecule has 2 saturated heterocycles. The molecule has 0 aromatic carbocycles. The van der Waals surface area contributed by atoms with E-state index in [2.05, 4.69) is 11.9 Å². The van der Waals surface area contributed by atoms with Crippen molar-refractivity contribution in [3.63, 3.8) is 0 Å². The van der Waals surface area contributed by atoms with Crippen molar-refractivity contribution in [3.05, 3.63) is 29.6 Å². The van der Waals surface area contributed by atoms with Gasteiger partial charge in [0.2, 0.25) is 5.91 Å². The zero-order chi connectivity index (χ0) is 18.7. The lowest BCUT2D eigenvalue weighted by molar-refractivity contribution is -0.135. The van der Waals surface area contributed by atoms with E-state index in [1.54, 1.807) is 13.2 Å². The molecule has 1 spiro atoms. The summed E-state index contributed by atoms with van der Waals surface area (Å²) in [4.78, 5) is 34.1. The molecule has 0 N–H and O–H groups in total. The molecule has 2 fully saturated rings. The second kappa shape index (κ2) is 7.74. The number of likely N-dealkylation sites (tertiary alicyclic amines) is 2. The number of carbonyl (C=O) groups is 2. The van der Waals surface area contributed by atoms with Gasteiger partial charge in [0.25, 0.3) is 5.91 Å². The zero-order valence-electron chi connectivity index (χ0n) is 16.0. The first-order chi connectivity index (χ1) is 12.5. The van der Waals surface area contributed by atoms with E-state index in [0.717, 1.165) is 37.9 Å². The van der Waals surface area contributed by atoms with E-state index >= 15 is 0 Å². The van der Waals surface area contributed by atoms with Gasteiger partial charge >= 0.3 is 0 Å². The van der Waals surface area contributed by atoms with Crippen LogP contribution < -0.4 is 0 Å². The maximum absolute atomic E-state index is 13.2. The molecule has 2 aliphatic rings. The summed E-state index contributed by atoms with van der Waals surface area (Å²) >= 11 is 0.